The molecule has 1 unspecified atom stereocenters. The summed E-state index contributed by atoms with van der Waals surface area (Å²) in [5.74, 6) is -1.71. The Morgan fingerprint density at radius 3 is 2.48 bits per heavy atom. The minimum atomic E-state index is -1.37. The van der Waals surface area contributed by atoms with Gasteiger partial charge in [-0.05, 0) is 31.5 Å². The van der Waals surface area contributed by atoms with Crippen LogP contribution in [0.1, 0.15) is 37.2 Å². The Morgan fingerprint density at radius 1 is 1.32 bits per heavy atom. The van der Waals surface area contributed by atoms with E-state index in [4.69, 9.17) is 0 Å². The summed E-state index contributed by atoms with van der Waals surface area (Å²) in [6.07, 6.45) is 2.41. The number of hydrogen-bond donors (Lipinski definition) is 2. The van der Waals surface area contributed by atoms with E-state index >= 15 is 0 Å². The summed E-state index contributed by atoms with van der Waals surface area (Å²) >= 11 is 0. The SMILES string of the molecule is CCCC(C)(NC(=O)c1ccn(-c2ccc([N+](=O)[O-])cc2)n1)C(=O)O. The standard InChI is InChI=1S/C16H18N4O5/c1-3-9-16(2,15(22)23)17-14(21)13-8-10-19(18-13)11-4-6-12(7-5-11)20(24)25/h4-8,10H,3,9H2,1-2H3,(H,17,21)(H,22,23). The molecule has 2 N–H and O–H groups in total. The van der Waals surface area contributed by atoms with Gasteiger partial charge in [-0.1, -0.05) is 13.3 Å². The molecule has 0 saturated carbocycles. The number of amides is 1. The Labute approximate surface area is 143 Å². The van der Waals surface area contributed by atoms with Gasteiger partial charge in [-0.15, -0.1) is 0 Å². The monoisotopic (exact) mass is 346 g/mol. The highest BCUT2D eigenvalue weighted by molar-refractivity contribution is 5.96. The first-order valence-electron chi connectivity index (χ1n) is 7.63. The maximum atomic E-state index is 12.3. The molecule has 0 fully saturated rings. The van der Waals surface area contributed by atoms with E-state index in [-0.39, 0.29) is 17.8 Å². The molecule has 2 rings (SSSR count). The first kappa shape index (κ1) is 18.1. The first-order valence-corrected chi connectivity index (χ1v) is 7.63. The number of carbonyl (C=O) groups is 2. The van der Waals surface area contributed by atoms with Gasteiger partial charge < -0.3 is 10.4 Å². The van der Waals surface area contributed by atoms with E-state index in [1.54, 1.807) is 0 Å². The third-order valence-corrected chi connectivity index (χ3v) is 3.76. The summed E-state index contributed by atoms with van der Waals surface area (Å²) in [7, 11) is 0. The largest absolute Gasteiger partial charge is 0.480 e. The summed E-state index contributed by atoms with van der Waals surface area (Å²) in [6, 6.07) is 7.13. The summed E-state index contributed by atoms with van der Waals surface area (Å²) in [4.78, 5) is 33.8. The number of nitro groups is 1. The zero-order valence-corrected chi connectivity index (χ0v) is 13.8. The van der Waals surface area contributed by atoms with E-state index in [1.165, 1.54) is 48.1 Å². The molecule has 9 heteroatoms. The number of non-ortho nitro benzene ring substituents is 1. The van der Waals surface area contributed by atoms with Crippen molar-refractivity contribution < 1.29 is 19.6 Å². The average molecular weight is 346 g/mol. The number of rotatable bonds is 7. The Bertz CT molecular complexity index is 799. The van der Waals surface area contributed by atoms with Crippen molar-refractivity contribution >= 4 is 17.6 Å². The molecular weight excluding hydrogens is 328 g/mol. The van der Waals surface area contributed by atoms with Crippen LogP contribution in [0, 0.1) is 10.1 Å². The third kappa shape index (κ3) is 4.00. The number of nitrogens with one attached hydrogen (secondary N) is 1. The molecule has 0 bridgehead atoms. The number of nitrogens with zero attached hydrogens (tertiary/aromatic N) is 3. The van der Waals surface area contributed by atoms with Crippen molar-refractivity contribution in [2.75, 3.05) is 0 Å². The topological polar surface area (TPSA) is 127 Å². The van der Waals surface area contributed by atoms with Crippen LogP contribution in [0.15, 0.2) is 36.5 Å². The van der Waals surface area contributed by atoms with E-state index in [9.17, 15) is 24.8 Å². The van der Waals surface area contributed by atoms with Crippen molar-refractivity contribution in [1.82, 2.24) is 15.1 Å². The number of carbonyl (C=O) groups excluding carboxylic acids is 1. The van der Waals surface area contributed by atoms with Crippen molar-refractivity contribution in [2.24, 2.45) is 0 Å². The lowest BCUT2D eigenvalue weighted by atomic mass is 9.96. The van der Waals surface area contributed by atoms with Crippen molar-refractivity contribution in [2.45, 2.75) is 32.2 Å². The minimum absolute atomic E-state index is 0.0503. The molecule has 0 aliphatic heterocycles. The fraction of sp³-hybridized carbons (Fsp3) is 0.312. The highest BCUT2D eigenvalue weighted by Gasteiger charge is 2.34. The quantitative estimate of drug-likeness (QED) is 0.584. The Balaban J connectivity index is 2.18. The normalized spacial score (nSPS) is 13.0. The maximum absolute atomic E-state index is 12.3. The van der Waals surface area contributed by atoms with E-state index in [1.807, 2.05) is 6.92 Å². The maximum Gasteiger partial charge on any atom is 0.329 e. The van der Waals surface area contributed by atoms with Gasteiger partial charge in [-0.25, -0.2) is 9.48 Å². The Hall–Kier alpha value is -3.23. The zero-order chi connectivity index (χ0) is 18.6. The molecule has 132 valence electrons. The molecular formula is C16H18N4O5. The highest BCUT2D eigenvalue weighted by Crippen LogP contribution is 2.16. The molecule has 1 atom stereocenters. The number of aromatic nitrogens is 2. The summed E-state index contributed by atoms with van der Waals surface area (Å²) in [5.41, 5.74) is -0.824. The third-order valence-electron chi connectivity index (χ3n) is 3.76. The number of benzene rings is 1. The Morgan fingerprint density at radius 2 is 1.96 bits per heavy atom. The molecule has 0 aliphatic rings. The van der Waals surface area contributed by atoms with Crippen LogP contribution in [0.25, 0.3) is 5.69 Å². The molecule has 1 aromatic carbocycles. The lowest BCUT2D eigenvalue weighted by Crippen LogP contribution is -2.52. The smallest absolute Gasteiger partial charge is 0.329 e. The fourth-order valence-electron chi connectivity index (χ4n) is 2.35. The predicted octanol–water partition coefficient (Wildman–Crippen LogP) is 2.15. The van der Waals surface area contributed by atoms with Gasteiger partial charge in [0, 0.05) is 18.3 Å². The highest BCUT2D eigenvalue weighted by atomic mass is 16.6. The first-order chi connectivity index (χ1) is 11.8. The number of hydrogen-bond acceptors (Lipinski definition) is 5. The zero-order valence-electron chi connectivity index (χ0n) is 13.8. The lowest BCUT2D eigenvalue weighted by molar-refractivity contribution is -0.384. The van der Waals surface area contributed by atoms with Gasteiger partial charge in [-0.3, -0.25) is 14.9 Å². The fourth-order valence-corrected chi connectivity index (χ4v) is 2.35. The van der Waals surface area contributed by atoms with E-state index in [0.717, 1.165) is 0 Å². The van der Waals surface area contributed by atoms with Crippen LogP contribution in [0.2, 0.25) is 0 Å². The predicted molar refractivity (Wildman–Crippen MR) is 88.6 cm³/mol. The van der Waals surface area contributed by atoms with Gasteiger partial charge in [0.15, 0.2) is 5.69 Å². The molecule has 0 spiro atoms. The van der Waals surface area contributed by atoms with Gasteiger partial charge in [0.05, 0.1) is 10.6 Å². The van der Waals surface area contributed by atoms with Crippen LogP contribution in [-0.2, 0) is 4.79 Å². The number of carboxylic acid groups (broad SMARTS) is 1. The lowest BCUT2D eigenvalue weighted by Gasteiger charge is -2.25. The summed E-state index contributed by atoms with van der Waals surface area (Å²) in [6.45, 7) is 3.28. The molecule has 2 aromatic rings. The molecule has 0 saturated heterocycles. The summed E-state index contributed by atoms with van der Waals surface area (Å²) in [5, 5.41) is 26.6. The van der Waals surface area contributed by atoms with Crippen LogP contribution in [0.3, 0.4) is 0 Å². The van der Waals surface area contributed by atoms with Crippen molar-refractivity contribution in [3.8, 4) is 5.69 Å². The van der Waals surface area contributed by atoms with Crippen LogP contribution >= 0.6 is 0 Å². The molecule has 1 amide bonds. The number of nitro benzene ring substituents is 1. The van der Waals surface area contributed by atoms with Gasteiger partial charge in [0.25, 0.3) is 11.6 Å². The van der Waals surface area contributed by atoms with E-state index in [0.29, 0.717) is 12.1 Å². The molecule has 0 radical (unpaired) electrons. The van der Waals surface area contributed by atoms with E-state index < -0.39 is 22.3 Å². The van der Waals surface area contributed by atoms with Gasteiger partial charge in [-0.2, -0.15) is 5.10 Å². The molecule has 0 aliphatic carbocycles. The summed E-state index contributed by atoms with van der Waals surface area (Å²) < 4.78 is 1.39. The average Bonchev–Trinajstić information content (AvgIpc) is 3.05. The minimum Gasteiger partial charge on any atom is -0.480 e. The molecule has 9 nitrogen and oxygen atoms in total. The van der Waals surface area contributed by atoms with Gasteiger partial charge >= 0.3 is 5.97 Å². The van der Waals surface area contributed by atoms with Crippen LogP contribution in [0.4, 0.5) is 5.69 Å². The molecule has 1 heterocycles. The van der Waals surface area contributed by atoms with Crippen molar-refractivity contribution in [3.63, 3.8) is 0 Å². The van der Waals surface area contributed by atoms with E-state index in [2.05, 4.69) is 10.4 Å². The van der Waals surface area contributed by atoms with Gasteiger partial charge in [0.1, 0.15) is 5.54 Å². The second-order valence-corrected chi connectivity index (χ2v) is 5.76. The van der Waals surface area contributed by atoms with Crippen molar-refractivity contribution in [3.05, 3.63) is 52.3 Å². The number of aliphatic carboxylic acids is 1. The Kier molecular flexibility index (Phi) is 5.16. The van der Waals surface area contributed by atoms with Crippen molar-refractivity contribution in [1.29, 1.82) is 0 Å². The van der Waals surface area contributed by atoms with Gasteiger partial charge in [0.2, 0.25) is 0 Å². The second-order valence-electron chi connectivity index (χ2n) is 5.76. The van der Waals surface area contributed by atoms with Crippen LogP contribution < -0.4 is 5.32 Å². The van der Waals surface area contributed by atoms with Crippen LogP contribution in [-0.4, -0.2) is 37.2 Å². The number of carboxylic acids is 1. The molecule has 1 aromatic heterocycles. The second kappa shape index (κ2) is 7.12. The van der Waals surface area contributed by atoms with Crippen LogP contribution in [0.5, 0.6) is 0 Å². The molecule has 25 heavy (non-hydrogen) atoms.